The molecular formula is C11H27N. The van der Waals surface area contributed by atoms with Gasteiger partial charge in [-0.25, -0.2) is 0 Å². The molecule has 2 N–H and O–H groups in total. The van der Waals surface area contributed by atoms with Crippen LogP contribution in [0.25, 0.3) is 0 Å². The average Bonchev–Trinajstić information content (AvgIpc) is 1.90. The van der Waals surface area contributed by atoms with Crippen molar-refractivity contribution in [3.63, 3.8) is 0 Å². The second kappa shape index (κ2) is 10.7. The zero-order valence-electron chi connectivity index (χ0n) is 9.94. The van der Waals surface area contributed by atoms with E-state index in [9.17, 15) is 0 Å². The quantitative estimate of drug-likeness (QED) is 0.558. The topological polar surface area (TPSA) is 26.0 Å². The Kier molecular flexibility index (Phi) is 15.8. The van der Waals surface area contributed by atoms with Crippen LogP contribution < -0.4 is 5.73 Å². The van der Waals surface area contributed by atoms with Crippen LogP contribution in [0, 0.1) is 11.3 Å². The second-order valence-corrected chi connectivity index (χ2v) is 4.30. The first-order valence-electron chi connectivity index (χ1n) is 4.51. The second-order valence-electron chi connectivity index (χ2n) is 4.30. The molecule has 0 amide bonds. The van der Waals surface area contributed by atoms with Crippen molar-refractivity contribution < 1.29 is 0 Å². The molecule has 76 valence electrons. The number of allylic oxidation sites excluding steroid dienone is 1. The first-order valence-corrected chi connectivity index (χ1v) is 4.51. The van der Waals surface area contributed by atoms with Gasteiger partial charge in [-0.3, -0.25) is 0 Å². The van der Waals surface area contributed by atoms with Gasteiger partial charge in [0.25, 0.3) is 0 Å². The van der Waals surface area contributed by atoms with E-state index in [0.29, 0.717) is 5.41 Å². The Bertz CT molecular complexity index is 74.7. The van der Waals surface area contributed by atoms with E-state index in [-0.39, 0.29) is 0 Å². The Hall–Kier alpha value is -0.300. The van der Waals surface area contributed by atoms with E-state index in [4.69, 9.17) is 0 Å². The van der Waals surface area contributed by atoms with Crippen molar-refractivity contribution in [1.82, 2.24) is 0 Å². The highest BCUT2D eigenvalue weighted by Crippen LogP contribution is 2.11. The van der Waals surface area contributed by atoms with E-state index in [1.807, 2.05) is 6.08 Å². The Labute approximate surface area is 79.1 Å². The Morgan fingerprint density at radius 3 is 1.17 bits per heavy atom. The monoisotopic (exact) mass is 173 g/mol. The molecule has 0 aliphatic heterocycles. The van der Waals surface area contributed by atoms with Crippen LogP contribution in [0.4, 0.5) is 0 Å². The molecule has 0 unspecified atom stereocenters. The molecule has 0 saturated heterocycles. The van der Waals surface area contributed by atoms with Crippen molar-refractivity contribution in [2.75, 3.05) is 7.05 Å². The lowest BCUT2D eigenvalue weighted by molar-refractivity contribution is 0.546. The van der Waals surface area contributed by atoms with Gasteiger partial charge in [0.15, 0.2) is 0 Å². The van der Waals surface area contributed by atoms with Gasteiger partial charge in [0, 0.05) is 0 Å². The van der Waals surface area contributed by atoms with Crippen LogP contribution in [0.2, 0.25) is 0 Å². The maximum atomic E-state index is 4.50. The summed E-state index contributed by atoms with van der Waals surface area (Å²) in [5.41, 5.74) is 4.81. The van der Waals surface area contributed by atoms with E-state index in [2.05, 4.69) is 53.9 Å². The largest absolute Gasteiger partial charge is 0.333 e. The van der Waals surface area contributed by atoms with Gasteiger partial charge in [-0.05, 0) is 18.4 Å². The summed E-state index contributed by atoms with van der Waals surface area (Å²) in [5.74, 6) is 0.833. The summed E-state index contributed by atoms with van der Waals surface area (Å²) in [6, 6.07) is 0. The fraction of sp³-hybridized carbons (Fsp3) is 0.818. The Morgan fingerprint density at radius 2 is 1.17 bits per heavy atom. The molecule has 0 bridgehead atoms. The fourth-order valence-electron chi connectivity index (χ4n) is 0. The number of hydrogen-bond donors (Lipinski definition) is 1. The third kappa shape index (κ3) is 101. The third-order valence-electron chi connectivity index (χ3n) is 0.612. The summed E-state index contributed by atoms with van der Waals surface area (Å²) in [7, 11) is 1.50. The summed E-state index contributed by atoms with van der Waals surface area (Å²) in [4.78, 5) is 0. The minimum Gasteiger partial charge on any atom is -0.333 e. The zero-order valence-corrected chi connectivity index (χ0v) is 9.94. The molecule has 0 radical (unpaired) electrons. The number of rotatable bonds is 0. The summed E-state index contributed by atoms with van der Waals surface area (Å²) >= 11 is 0. The smallest absolute Gasteiger partial charge is 0.0195 e. The standard InChI is InChI=1S/C6H12.C4H10.CH5N/c1-5-6(2,3)4;1-4(2)3;1-2/h5H,1H2,2-4H3;4H,1-3H3;2H2,1H3. The highest BCUT2D eigenvalue weighted by atomic mass is 14.4. The summed E-state index contributed by atoms with van der Waals surface area (Å²) in [6.07, 6.45) is 1.94. The Balaban J connectivity index is -0.000000118. The highest BCUT2D eigenvalue weighted by Gasteiger charge is 1.99. The summed E-state index contributed by atoms with van der Waals surface area (Å²) in [5, 5.41) is 0. The van der Waals surface area contributed by atoms with Crippen LogP contribution in [0.5, 0.6) is 0 Å². The van der Waals surface area contributed by atoms with Gasteiger partial charge < -0.3 is 5.73 Å². The van der Waals surface area contributed by atoms with Crippen molar-refractivity contribution in [3.05, 3.63) is 12.7 Å². The average molecular weight is 173 g/mol. The molecule has 0 aromatic carbocycles. The minimum absolute atomic E-state index is 0.306. The van der Waals surface area contributed by atoms with Crippen LogP contribution in [-0.4, -0.2) is 7.05 Å². The highest BCUT2D eigenvalue weighted by molar-refractivity contribution is 4.82. The van der Waals surface area contributed by atoms with Crippen molar-refractivity contribution in [2.45, 2.75) is 41.5 Å². The lowest BCUT2D eigenvalue weighted by atomic mass is 9.98. The van der Waals surface area contributed by atoms with Crippen molar-refractivity contribution in [2.24, 2.45) is 17.1 Å². The third-order valence-corrected chi connectivity index (χ3v) is 0.612. The van der Waals surface area contributed by atoms with Crippen LogP contribution >= 0.6 is 0 Å². The minimum atomic E-state index is 0.306. The van der Waals surface area contributed by atoms with Gasteiger partial charge in [-0.2, -0.15) is 0 Å². The molecule has 0 rings (SSSR count). The maximum Gasteiger partial charge on any atom is -0.0195 e. The van der Waals surface area contributed by atoms with Crippen LogP contribution in [0.1, 0.15) is 41.5 Å². The van der Waals surface area contributed by atoms with Gasteiger partial charge >= 0.3 is 0 Å². The SMILES string of the molecule is C=CC(C)(C)C.CC(C)C.CN. The molecule has 12 heavy (non-hydrogen) atoms. The van der Waals surface area contributed by atoms with E-state index in [1.165, 1.54) is 7.05 Å². The summed E-state index contributed by atoms with van der Waals surface area (Å²) in [6.45, 7) is 16.5. The van der Waals surface area contributed by atoms with Crippen molar-refractivity contribution in [1.29, 1.82) is 0 Å². The Morgan fingerprint density at radius 1 is 1.08 bits per heavy atom. The zero-order chi connectivity index (χ0) is 10.8. The predicted octanol–water partition coefficient (Wildman–Crippen LogP) is 3.46. The first-order chi connectivity index (χ1) is 5.29. The molecule has 0 saturated carbocycles. The fourth-order valence-corrected chi connectivity index (χ4v) is 0. The molecule has 1 heteroatoms. The lowest BCUT2D eigenvalue weighted by Crippen LogP contribution is -1.96. The van der Waals surface area contributed by atoms with Gasteiger partial charge in [-0.1, -0.05) is 47.6 Å². The van der Waals surface area contributed by atoms with Gasteiger partial charge in [0.1, 0.15) is 0 Å². The molecule has 0 heterocycles. The van der Waals surface area contributed by atoms with E-state index >= 15 is 0 Å². The van der Waals surface area contributed by atoms with Gasteiger partial charge in [-0.15, -0.1) is 6.58 Å². The molecule has 0 atom stereocenters. The molecule has 0 aromatic heterocycles. The van der Waals surface area contributed by atoms with Crippen molar-refractivity contribution >= 4 is 0 Å². The molecular weight excluding hydrogens is 146 g/mol. The van der Waals surface area contributed by atoms with Crippen LogP contribution in [0.3, 0.4) is 0 Å². The normalized spacial score (nSPS) is 9.08. The molecule has 0 spiro atoms. The van der Waals surface area contributed by atoms with Gasteiger partial charge in [0.2, 0.25) is 0 Å². The molecule has 0 fully saturated rings. The molecule has 0 aromatic rings. The van der Waals surface area contributed by atoms with Crippen LogP contribution in [0.15, 0.2) is 12.7 Å². The number of hydrogen-bond acceptors (Lipinski definition) is 1. The molecule has 1 nitrogen and oxygen atoms in total. The van der Waals surface area contributed by atoms with Crippen LogP contribution in [-0.2, 0) is 0 Å². The van der Waals surface area contributed by atoms with E-state index in [0.717, 1.165) is 5.92 Å². The molecule has 0 aliphatic rings. The number of nitrogens with two attached hydrogens (primary N) is 1. The summed E-state index contributed by atoms with van der Waals surface area (Å²) < 4.78 is 0. The van der Waals surface area contributed by atoms with Gasteiger partial charge in [0.05, 0.1) is 0 Å². The maximum absolute atomic E-state index is 4.50. The lowest BCUT2D eigenvalue weighted by Gasteiger charge is -2.08. The predicted molar refractivity (Wildman–Crippen MR) is 60.3 cm³/mol. The van der Waals surface area contributed by atoms with Crippen molar-refractivity contribution in [3.8, 4) is 0 Å². The molecule has 0 aliphatic carbocycles. The van der Waals surface area contributed by atoms with E-state index < -0.39 is 0 Å². The van der Waals surface area contributed by atoms with E-state index in [1.54, 1.807) is 0 Å². The first kappa shape index (κ1) is 17.7.